The molecule has 2 nitrogen and oxygen atoms in total. The van der Waals surface area contributed by atoms with Crippen LogP contribution in [0.2, 0.25) is 0 Å². The fourth-order valence-corrected chi connectivity index (χ4v) is 1.98. The van der Waals surface area contributed by atoms with Crippen LogP contribution in [0.3, 0.4) is 0 Å². The van der Waals surface area contributed by atoms with Gasteiger partial charge in [0, 0.05) is 19.1 Å². The Morgan fingerprint density at radius 2 is 2.00 bits per heavy atom. The van der Waals surface area contributed by atoms with Crippen molar-refractivity contribution in [3.05, 3.63) is 0 Å². The first-order valence-electron chi connectivity index (χ1n) is 4.85. The zero-order chi connectivity index (χ0) is 9.35. The van der Waals surface area contributed by atoms with E-state index < -0.39 is 0 Å². The summed E-state index contributed by atoms with van der Waals surface area (Å²) in [6.07, 6.45) is 1.27. The van der Waals surface area contributed by atoms with Crippen LogP contribution in [-0.2, 0) is 0 Å². The number of nitrogens with two attached hydrogens (primary N) is 1. The Balaban J connectivity index is 2.54. The smallest absolute Gasteiger partial charge is 0.0218 e. The van der Waals surface area contributed by atoms with E-state index in [9.17, 15) is 0 Å². The Kier molecular flexibility index (Phi) is 2.79. The van der Waals surface area contributed by atoms with Gasteiger partial charge in [0.25, 0.3) is 0 Å². The molecule has 2 atom stereocenters. The summed E-state index contributed by atoms with van der Waals surface area (Å²) < 4.78 is 0. The lowest BCUT2D eigenvalue weighted by molar-refractivity contribution is 0.240. The van der Waals surface area contributed by atoms with Crippen molar-refractivity contribution >= 4 is 0 Å². The van der Waals surface area contributed by atoms with Gasteiger partial charge in [-0.25, -0.2) is 0 Å². The van der Waals surface area contributed by atoms with Gasteiger partial charge in [0.1, 0.15) is 0 Å². The first kappa shape index (κ1) is 10.0. The summed E-state index contributed by atoms with van der Waals surface area (Å²) in [4.78, 5) is 2.40. The Morgan fingerprint density at radius 1 is 1.42 bits per heavy atom. The Labute approximate surface area is 76.1 Å². The zero-order valence-electron chi connectivity index (χ0n) is 8.80. The third-order valence-corrected chi connectivity index (χ3v) is 3.19. The summed E-state index contributed by atoms with van der Waals surface area (Å²) in [6, 6.07) is 0.620. The molecule has 0 saturated carbocycles. The maximum Gasteiger partial charge on any atom is 0.0218 e. The number of hydrogen-bond donors (Lipinski definition) is 1. The van der Waals surface area contributed by atoms with Crippen LogP contribution in [0.15, 0.2) is 0 Å². The van der Waals surface area contributed by atoms with Crippen molar-refractivity contribution in [3.8, 4) is 0 Å². The minimum Gasteiger partial charge on any atom is -0.329 e. The molecule has 2 heteroatoms. The average molecular weight is 170 g/mol. The lowest BCUT2D eigenvalue weighted by Gasteiger charge is -2.26. The highest BCUT2D eigenvalue weighted by Gasteiger charge is 2.35. The topological polar surface area (TPSA) is 29.3 Å². The monoisotopic (exact) mass is 170 g/mol. The fraction of sp³-hybridized carbons (Fsp3) is 1.00. The lowest BCUT2D eigenvalue weighted by atomic mass is 9.79. The Hall–Kier alpha value is -0.0800. The minimum absolute atomic E-state index is 0.443. The van der Waals surface area contributed by atoms with Crippen LogP contribution in [0, 0.1) is 11.3 Å². The molecule has 0 aromatic rings. The summed E-state index contributed by atoms with van der Waals surface area (Å²) in [5.74, 6) is 0.816. The van der Waals surface area contributed by atoms with Crippen LogP contribution in [0.1, 0.15) is 27.2 Å². The van der Waals surface area contributed by atoms with Crippen LogP contribution < -0.4 is 5.73 Å². The van der Waals surface area contributed by atoms with E-state index in [-0.39, 0.29) is 0 Å². The predicted octanol–water partition coefficient (Wildman–Crippen LogP) is 1.31. The number of likely N-dealkylation sites (tertiary alicyclic amines) is 1. The normalized spacial score (nSPS) is 32.8. The molecule has 0 spiro atoms. The van der Waals surface area contributed by atoms with Gasteiger partial charge in [0.15, 0.2) is 0 Å². The van der Waals surface area contributed by atoms with E-state index in [4.69, 9.17) is 5.73 Å². The van der Waals surface area contributed by atoms with Crippen LogP contribution in [0.25, 0.3) is 0 Å². The molecule has 1 aliphatic rings. The second kappa shape index (κ2) is 3.35. The summed E-state index contributed by atoms with van der Waals surface area (Å²) >= 11 is 0. The van der Waals surface area contributed by atoms with Gasteiger partial charge in [-0.1, -0.05) is 20.8 Å². The van der Waals surface area contributed by atoms with Crippen LogP contribution in [0.4, 0.5) is 0 Å². The van der Waals surface area contributed by atoms with Gasteiger partial charge in [-0.3, -0.25) is 0 Å². The summed E-state index contributed by atoms with van der Waals surface area (Å²) in [7, 11) is 2.18. The minimum atomic E-state index is 0.443. The van der Waals surface area contributed by atoms with Crippen molar-refractivity contribution in [1.29, 1.82) is 0 Å². The molecular weight excluding hydrogens is 148 g/mol. The summed E-state index contributed by atoms with van der Waals surface area (Å²) in [6.45, 7) is 8.99. The van der Waals surface area contributed by atoms with Gasteiger partial charge in [0.2, 0.25) is 0 Å². The van der Waals surface area contributed by atoms with Gasteiger partial charge in [-0.05, 0) is 24.8 Å². The summed E-state index contributed by atoms with van der Waals surface area (Å²) in [5, 5.41) is 0. The molecule has 2 unspecified atom stereocenters. The Morgan fingerprint density at radius 3 is 2.25 bits per heavy atom. The molecule has 1 rings (SSSR count). The van der Waals surface area contributed by atoms with E-state index in [0.717, 1.165) is 12.5 Å². The van der Waals surface area contributed by atoms with Crippen LogP contribution in [-0.4, -0.2) is 31.1 Å². The first-order valence-corrected chi connectivity index (χ1v) is 4.85. The summed E-state index contributed by atoms with van der Waals surface area (Å²) in [5.41, 5.74) is 6.13. The van der Waals surface area contributed by atoms with Crippen molar-refractivity contribution in [3.63, 3.8) is 0 Å². The highest BCUT2D eigenvalue weighted by Crippen LogP contribution is 2.35. The lowest BCUT2D eigenvalue weighted by Crippen LogP contribution is -2.31. The third-order valence-electron chi connectivity index (χ3n) is 3.19. The SMILES string of the molecule is CN1CC(C(C)(C)C)CC1CN. The Bertz CT molecular complexity index is 148. The van der Waals surface area contributed by atoms with E-state index in [1.165, 1.54) is 13.0 Å². The fourth-order valence-electron chi connectivity index (χ4n) is 1.98. The van der Waals surface area contributed by atoms with Crippen molar-refractivity contribution in [2.45, 2.75) is 33.2 Å². The molecule has 0 bridgehead atoms. The molecule has 72 valence electrons. The molecule has 0 aromatic carbocycles. The average Bonchev–Trinajstić information content (AvgIpc) is 2.29. The second-order valence-corrected chi connectivity index (χ2v) is 5.13. The number of hydrogen-bond acceptors (Lipinski definition) is 2. The van der Waals surface area contributed by atoms with E-state index in [0.29, 0.717) is 11.5 Å². The van der Waals surface area contributed by atoms with Crippen molar-refractivity contribution in [2.24, 2.45) is 17.1 Å². The molecule has 0 amide bonds. The maximum atomic E-state index is 5.69. The van der Waals surface area contributed by atoms with E-state index in [1.807, 2.05) is 0 Å². The van der Waals surface area contributed by atoms with E-state index in [1.54, 1.807) is 0 Å². The van der Waals surface area contributed by atoms with Crippen LogP contribution >= 0.6 is 0 Å². The molecule has 0 aromatic heterocycles. The largest absolute Gasteiger partial charge is 0.329 e. The number of rotatable bonds is 1. The van der Waals surface area contributed by atoms with Gasteiger partial charge in [-0.15, -0.1) is 0 Å². The number of likely N-dealkylation sites (N-methyl/N-ethyl adjacent to an activating group) is 1. The molecule has 0 radical (unpaired) electrons. The van der Waals surface area contributed by atoms with Gasteiger partial charge < -0.3 is 10.6 Å². The van der Waals surface area contributed by atoms with E-state index in [2.05, 4.69) is 32.7 Å². The van der Waals surface area contributed by atoms with E-state index >= 15 is 0 Å². The van der Waals surface area contributed by atoms with Crippen LogP contribution in [0.5, 0.6) is 0 Å². The van der Waals surface area contributed by atoms with Crippen molar-refractivity contribution in [2.75, 3.05) is 20.1 Å². The molecule has 0 aliphatic carbocycles. The van der Waals surface area contributed by atoms with Gasteiger partial charge in [-0.2, -0.15) is 0 Å². The van der Waals surface area contributed by atoms with Crippen molar-refractivity contribution < 1.29 is 0 Å². The van der Waals surface area contributed by atoms with Gasteiger partial charge >= 0.3 is 0 Å². The number of nitrogens with zero attached hydrogens (tertiary/aromatic N) is 1. The molecular formula is C10H22N2. The molecule has 2 N–H and O–H groups in total. The first-order chi connectivity index (χ1) is 5.45. The highest BCUT2D eigenvalue weighted by atomic mass is 15.2. The molecule has 1 saturated heterocycles. The molecule has 1 fully saturated rings. The molecule has 1 aliphatic heterocycles. The third kappa shape index (κ3) is 1.99. The van der Waals surface area contributed by atoms with Gasteiger partial charge in [0.05, 0.1) is 0 Å². The maximum absolute atomic E-state index is 5.69. The van der Waals surface area contributed by atoms with Crippen molar-refractivity contribution in [1.82, 2.24) is 4.90 Å². The standard InChI is InChI=1S/C10H22N2/c1-10(2,3)8-5-9(6-11)12(4)7-8/h8-9H,5-7,11H2,1-4H3. The predicted molar refractivity (Wildman–Crippen MR) is 53.0 cm³/mol. The molecule has 1 heterocycles. The quantitative estimate of drug-likeness (QED) is 0.643. The second-order valence-electron chi connectivity index (χ2n) is 5.13. The zero-order valence-corrected chi connectivity index (χ0v) is 8.80. The highest BCUT2D eigenvalue weighted by molar-refractivity contribution is 4.89. The molecule has 12 heavy (non-hydrogen) atoms.